The van der Waals surface area contributed by atoms with Crippen LogP contribution in [-0.2, 0) is 22.9 Å². The van der Waals surface area contributed by atoms with Crippen molar-refractivity contribution >= 4 is 21.6 Å². The summed E-state index contributed by atoms with van der Waals surface area (Å²) in [4.78, 5) is 16.5. The lowest BCUT2D eigenvalue weighted by Gasteiger charge is -2.37. The molecule has 1 saturated heterocycles. The molecule has 2 aromatic carbocycles. The first-order valence-electron chi connectivity index (χ1n) is 11.2. The molecule has 0 radical (unpaired) electrons. The minimum atomic E-state index is -3.83. The smallest absolute Gasteiger partial charge is 0.252 e. The highest BCUT2D eigenvalue weighted by atomic mass is 32.2. The van der Waals surface area contributed by atoms with Gasteiger partial charge in [-0.3, -0.25) is 4.79 Å². The molecule has 2 aliphatic rings. The second kappa shape index (κ2) is 9.32. The maximum absolute atomic E-state index is 13.2. The van der Waals surface area contributed by atoms with Crippen LogP contribution in [0.25, 0.3) is 0 Å². The Labute approximate surface area is 195 Å². The van der Waals surface area contributed by atoms with Crippen molar-refractivity contribution in [2.24, 2.45) is 5.73 Å². The van der Waals surface area contributed by atoms with Gasteiger partial charge in [-0.15, -0.1) is 0 Å². The van der Waals surface area contributed by atoms with Crippen LogP contribution >= 0.6 is 0 Å². The van der Waals surface area contributed by atoms with Gasteiger partial charge in [0.1, 0.15) is 5.75 Å². The Bertz CT molecular complexity index is 1160. The van der Waals surface area contributed by atoms with Crippen molar-refractivity contribution in [2.45, 2.75) is 37.1 Å². The highest BCUT2D eigenvalue weighted by Crippen LogP contribution is 2.34. The number of methoxy groups -OCH3 is 1. The fourth-order valence-electron chi connectivity index (χ4n) is 4.82. The van der Waals surface area contributed by atoms with Crippen molar-refractivity contribution in [3.63, 3.8) is 0 Å². The van der Waals surface area contributed by atoms with E-state index in [0.29, 0.717) is 6.42 Å². The van der Waals surface area contributed by atoms with Crippen molar-refractivity contribution in [3.05, 3.63) is 52.6 Å². The normalized spacial score (nSPS) is 19.2. The molecule has 0 unspecified atom stereocenters. The van der Waals surface area contributed by atoms with Crippen LogP contribution in [0.5, 0.6) is 5.75 Å². The van der Waals surface area contributed by atoms with E-state index < -0.39 is 15.9 Å². The zero-order chi connectivity index (χ0) is 23.8. The summed E-state index contributed by atoms with van der Waals surface area (Å²) >= 11 is 0. The average Bonchev–Trinajstić information content (AvgIpc) is 2.79. The summed E-state index contributed by atoms with van der Waals surface area (Å²) in [5.41, 5.74) is 10.5. The van der Waals surface area contributed by atoms with E-state index in [1.54, 1.807) is 0 Å². The van der Waals surface area contributed by atoms with Crippen molar-refractivity contribution in [1.29, 1.82) is 0 Å². The van der Waals surface area contributed by atoms with Crippen LogP contribution in [0.3, 0.4) is 0 Å². The predicted octanol–water partition coefficient (Wildman–Crippen LogP) is 1.69. The molecule has 2 aromatic rings. The van der Waals surface area contributed by atoms with Gasteiger partial charge in [0.25, 0.3) is 5.91 Å². The first kappa shape index (κ1) is 23.5. The van der Waals surface area contributed by atoms with Gasteiger partial charge < -0.3 is 20.3 Å². The van der Waals surface area contributed by atoms with E-state index in [1.807, 2.05) is 0 Å². The number of nitrogens with two attached hydrogens (primary N) is 1. The minimum Gasteiger partial charge on any atom is -0.496 e. The quantitative estimate of drug-likeness (QED) is 0.663. The molecule has 0 bridgehead atoms. The van der Waals surface area contributed by atoms with Gasteiger partial charge in [0, 0.05) is 37.9 Å². The highest BCUT2D eigenvalue weighted by molar-refractivity contribution is 7.89. The molecule has 178 valence electrons. The number of benzene rings is 2. The van der Waals surface area contributed by atoms with Gasteiger partial charge in [-0.2, -0.15) is 0 Å². The number of amides is 1. The number of nitrogens with zero attached hydrogens (tertiary/aromatic N) is 2. The molecule has 3 N–H and O–H groups in total. The van der Waals surface area contributed by atoms with Gasteiger partial charge in [-0.1, -0.05) is 6.07 Å². The fraction of sp³-hybridized carbons (Fsp3) is 0.458. The number of hydrogen-bond donors (Lipinski definition) is 2. The molecule has 1 aliphatic heterocycles. The summed E-state index contributed by atoms with van der Waals surface area (Å²) in [5.74, 6) is -0.483. The lowest BCUT2D eigenvalue weighted by Crippen LogP contribution is -2.45. The molecule has 0 saturated carbocycles. The minimum absolute atomic E-state index is 0.00595. The van der Waals surface area contributed by atoms with Crippen LogP contribution in [0.2, 0.25) is 0 Å². The van der Waals surface area contributed by atoms with E-state index in [0.717, 1.165) is 39.0 Å². The monoisotopic (exact) mass is 472 g/mol. The Morgan fingerprint density at radius 3 is 2.52 bits per heavy atom. The fourth-order valence-corrected chi connectivity index (χ4v) is 6.12. The van der Waals surface area contributed by atoms with E-state index in [1.165, 1.54) is 47.7 Å². The van der Waals surface area contributed by atoms with Gasteiger partial charge >= 0.3 is 0 Å². The van der Waals surface area contributed by atoms with Crippen molar-refractivity contribution in [3.8, 4) is 5.75 Å². The second-order valence-electron chi connectivity index (χ2n) is 8.94. The molecule has 0 spiro atoms. The van der Waals surface area contributed by atoms with Crippen LogP contribution in [0.15, 0.2) is 35.2 Å². The van der Waals surface area contributed by atoms with E-state index in [4.69, 9.17) is 10.5 Å². The number of aryl methyl sites for hydroxylation is 1. The number of anilines is 1. The lowest BCUT2D eigenvalue weighted by molar-refractivity contribution is 0.0997. The van der Waals surface area contributed by atoms with Crippen molar-refractivity contribution in [2.75, 3.05) is 45.2 Å². The third-order valence-corrected chi connectivity index (χ3v) is 8.26. The number of fused-ring (bicyclic) bond motifs is 1. The van der Waals surface area contributed by atoms with Crippen LogP contribution < -0.4 is 20.1 Å². The van der Waals surface area contributed by atoms with Gasteiger partial charge in [0.15, 0.2) is 0 Å². The predicted molar refractivity (Wildman–Crippen MR) is 129 cm³/mol. The molecule has 4 rings (SSSR count). The molecule has 1 atom stereocenters. The molecule has 1 heterocycles. The number of likely N-dealkylation sites (N-methyl/N-ethyl adjacent to an activating group) is 1. The first-order chi connectivity index (χ1) is 15.7. The van der Waals surface area contributed by atoms with Crippen LogP contribution in [-0.4, -0.2) is 65.6 Å². The number of primary amides is 1. The molecule has 9 heteroatoms. The number of carbonyl (C=O) groups is 1. The summed E-state index contributed by atoms with van der Waals surface area (Å²) in [5, 5.41) is 0. The maximum Gasteiger partial charge on any atom is 0.252 e. The van der Waals surface area contributed by atoms with E-state index >= 15 is 0 Å². The van der Waals surface area contributed by atoms with E-state index in [9.17, 15) is 13.2 Å². The second-order valence-corrected chi connectivity index (χ2v) is 10.7. The van der Waals surface area contributed by atoms with Crippen molar-refractivity contribution in [1.82, 2.24) is 9.62 Å². The molecule has 1 fully saturated rings. The number of ether oxygens (including phenoxy) is 1. The third-order valence-electron chi connectivity index (χ3n) is 6.75. The van der Waals surface area contributed by atoms with Crippen LogP contribution in [0.1, 0.15) is 33.5 Å². The highest BCUT2D eigenvalue weighted by Gasteiger charge is 2.29. The van der Waals surface area contributed by atoms with Crippen LogP contribution in [0, 0.1) is 6.92 Å². The number of piperazine rings is 1. The third kappa shape index (κ3) is 4.85. The van der Waals surface area contributed by atoms with Gasteiger partial charge in [0.05, 0.1) is 17.6 Å². The first-order valence-corrected chi connectivity index (χ1v) is 12.7. The molecule has 1 aliphatic carbocycles. The lowest BCUT2D eigenvalue weighted by atomic mass is 9.84. The summed E-state index contributed by atoms with van der Waals surface area (Å²) in [6.45, 7) is 6.07. The SMILES string of the molecule is COc1ccc(S(=O)(=O)N[C@@H]2CCc3c(C)ccc(N4CCN(C)CC4)c3C2)cc1C(N)=O. The largest absolute Gasteiger partial charge is 0.496 e. The van der Waals surface area contributed by atoms with Crippen LogP contribution in [0.4, 0.5) is 5.69 Å². The Morgan fingerprint density at radius 2 is 1.85 bits per heavy atom. The Morgan fingerprint density at radius 1 is 1.12 bits per heavy atom. The van der Waals surface area contributed by atoms with Crippen molar-refractivity contribution < 1.29 is 17.9 Å². The molecule has 0 aromatic heterocycles. The molecule has 1 amide bonds. The Balaban J connectivity index is 1.58. The molecule has 33 heavy (non-hydrogen) atoms. The molecule has 8 nitrogen and oxygen atoms in total. The maximum atomic E-state index is 13.2. The average molecular weight is 473 g/mol. The summed E-state index contributed by atoms with van der Waals surface area (Å²) in [6.07, 6.45) is 2.18. The van der Waals surface area contributed by atoms with E-state index in [2.05, 4.69) is 40.6 Å². The number of hydrogen-bond acceptors (Lipinski definition) is 6. The summed E-state index contributed by atoms with van der Waals surface area (Å²) < 4.78 is 34.3. The topological polar surface area (TPSA) is 105 Å². The summed E-state index contributed by atoms with van der Waals surface area (Å²) in [7, 11) is -0.287. The zero-order valence-electron chi connectivity index (χ0n) is 19.4. The summed E-state index contributed by atoms with van der Waals surface area (Å²) in [6, 6.07) is 8.30. The van der Waals surface area contributed by atoms with E-state index in [-0.39, 0.29) is 22.3 Å². The number of rotatable bonds is 6. The van der Waals surface area contributed by atoms with Gasteiger partial charge in [0.2, 0.25) is 10.0 Å². The number of carbonyl (C=O) groups excluding carboxylic acids is 1. The standard InChI is InChI=1S/C24H32N4O4S/c1-16-4-8-22(28-12-10-27(2)11-13-28)20-14-17(5-7-19(16)20)26-33(30,31)18-6-9-23(32-3)21(15-18)24(25)29/h4,6,8-9,15,17,26H,5,7,10-14H2,1-3H3,(H2,25,29)/t17-/m1/s1. The van der Waals surface area contributed by atoms with Gasteiger partial charge in [-0.05, 0) is 74.2 Å². The van der Waals surface area contributed by atoms with Gasteiger partial charge in [-0.25, -0.2) is 13.1 Å². The number of nitrogens with one attached hydrogen (secondary N) is 1. The Kier molecular flexibility index (Phi) is 6.65. The Hall–Kier alpha value is -2.62. The zero-order valence-corrected chi connectivity index (χ0v) is 20.2. The molecular weight excluding hydrogens is 440 g/mol. The number of sulfonamides is 1. The molecular formula is C24H32N4O4S.